The summed E-state index contributed by atoms with van der Waals surface area (Å²) in [6.07, 6.45) is 1.25. The summed E-state index contributed by atoms with van der Waals surface area (Å²) in [6.45, 7) is 5.93. The molecule has 3 heterocycles. The van der Waals surface area contributed by atoms with Crippen LogP contribution in [-0.2, 0) is 11.2 Å². The van der Waals surface area contributed by atoms with Gasteiger partial charge in [0.05, 0.1) is 12.1 Å². The van der Waals surface area contributed by atoms with Crippen LogP contribution in [0.15, 0.2) is 21.2 Å². The number of aromatic nitrogens is 1. The van der Waals surface area contributed by atoms with Gasteiger partial charge in [-0.15, -0.1) is 0 Å². The van der Waals surface area contributed by atoms with Gasteiger partial charge in [-0.25, -0.2) is 4.98 Å². The molecule has 3 rings (SSSR count). The molecule has 2 N–H and O–H groups in total. The lowest BCUT2D eigenvalue weighted by Crippen LogP contribution is -2.48. The highest BCUT2D eigenvalue weighted by Gasteiger charge is 2.23. The molecule has 0 bridgehead atoms. The minimum Gasteiger partial charge on any atom is -0.441 e. The van der Waals surface area contributed by atoms with Crippen molar-refractivity contribution in [2.45, 2.75) is 32.7 Å². The number of piperidine rings is 1. The van der Waals surface area contributed by atoms with E-state index in [1.54, 1.807) is 11.3 Å². The molecule has 1 fully saturated rings. The van der Waals surface area contributed by atoms with Gasteiger partial charge in [0.15, 0.2) is 0 Å². The third-order valence-corrected chi connectivity index (χ3v) is 4.80. The minimum atomic E-state index is 0.0204. The van der Waals surface area contributed by atoms with Crippen LogP contribution in [0.3, 0.4) is 0 Å². The first-order chi connectivity index (χ1) is 10.6. The molecular weight excluding hydrogens is 298 g/mol. The fourth-order valence-electron chi connectivity index (χ4n) is 2.74. The minimum absolute atomic E-state index is 0.0204. The van der Waals surface area contributed by atoms with Crippen LogP contribution in [0.25, 0.3) is 11.5 Å². The van der Waals surface area contributed by atoms with Gasteiger partial charge in [0.25, 0.3) is 0 Å². The van der Waals surface area contributed by atoms with Crippen molar-refractivity contribution in [2.75, 3.05) is 13.1 Å². The van der Waals surface area contributed by atoms with Crippen molar-refractivity contribution < 1.29 is 9.21 Å². The Hall–Kier alpha value is -1.66. The molecule has 1 aliphatic rings. The molecule has 118 valence electrons. The molecule has 2 aromatic rings. The van der Waals surface area contributed by atoms with Crippen molar-refractivity contribution in [3.8, 4) is 11.5 Å². The number of hydrogen-bond donors (Lipinski definition) is 2. The largest absolute Gasteiger partial charge is 0.441 e. The van der Waals surface area contributed by atoms with E-state index in [0.29, 0.717) is 11.8 Å². The van der Waals surface area contributed by atoms with Gasteiger partial charge in [0.1, 0.15) is 5.76 Å². The van der Waals surface area contributed by atoms with Gasteiger partial charge in [-0.3, -0.25) is 4.79 Å². The molecule has 0 spiro atoms. The average Bonchev–Trinajstić information content (AvgIpc) is 3.12. The fraction of sp³-hybridized carbons (Fsp3) is 0.500. The fourth-order valence-corrected chi connectivity index (χ4v) is 3.37. The van der Waals surface area contributed by atoms with Crippen LogP contribution in [0.2, 0.25) is 0 Å². The molecule has 5 nitrogen and oxygen atoms in total. The van der Waals surface area contributed by atoms with Gasteiger partial charge in [0, 0.05) is 17.0 Å². The van der Waals surface area contributed by atoms with Gasteiger partial charge in [-0.05, 0) is 43.8 Å². The molecule has 0 aromatic carbocycles. The monoisotopic (exact) mass is 319 g/mol. The van der Waals surface area contributed by atoms with Crippen molar-refractivity contribution in [1.29, 1.82) is 0 Å². The Morgan fingerprint density at radius 1 is 1.59 bits per heavy atom. The SMILES string of the molecule is Cc1oc(-c2ccsc2)nc1CC(=O)NC1CCNCC1C. The number of thiophene rings is 1. The standard InChI is InChI=1S/C16H21N3O2S/c1-10-8-17-5-3-13(10)18-15(20)7-14-11(2)21-16(19-14)12-4-6-22-9-12/h4,6,9-10,13,17H,3,5,7-8H2,1-2H3,(H,18,20). The lowest BCUT2D eigenvalue weighted by atomic mass is 9.95. The van der Waals surface area contributed by atoms with E-state index >= 15 is 0 Å². The zero-order chi connectivity index (χ0) is 15.5. The third kappa shape index (κ3) is 3.39. The van der Waals surface area contributed by atoms with Gasteiger partial charge in [0.2, 0.25) is 11.8 Å². The van der Waals surface area contributed by atoms with E-state index in [9.17, 15) is 4.79 Å². The van der Waals surface area contributed by atoms with Crippen LogP contribution >= 0.6 is 11.3 Å². The number of oxazole rings is 1. The summed E-state index contributed by atoms with van der Waals surface area (Å²) in [4.78, 5) is 16.7. The second-order valence-electron chi connectivity index (χ2n) is 5.85. The Bertz CT molecular complexity index is 636. The molecular formula is C16H21N3O2S. The Morgan fingerprint density at radius 3 is 3.18 bits per heavy atom. The molecule has 0 radical (unpaired) electrons. The first-order valence-corrected chi connectivity index (χ1v) is 8.56. The summed E-state index contributed by atoms with van der Waals surface area (Å²) in [5, 5.41) is 10.4. The average molecular weight is 319 g/mol. The van der Waals surface area contributed by atoms with E-state index in [1.807, 2.05) is 23.8 Å². The molecule has 6 heteroatoms. The number of aryl methyl sites for hydroxylation is 1. The maximum atomic E-state index is 12.3. The molecule has 2 aromatic heterocycles. The van der Waals surface area contributed by atoms with Crippen LogP contribution in [-0.4, -0.2) is 30.0 Å². The van der Waals surface area contributed by atoms with Crippen molar-refractivity contribution in [2.24, 2.45) is 5.92 Å². The van der Waals surface area contributed by atoms with Gasteiger partial charge in [-0.2, -0.15) is 11.3 Å². The topological polar surface area (TPSA) is 67.2 Å². The molecule has 1 amide bonds. The molecule has 2 unspecified atom stereocenters. The smallest absolute Gasteiger partial charge is 0.227 e. The van der Waals surface area contributed by atoms with Crippen molar-refractivity contribution >= 4 is 17.2 Å². The van der Waals surface area contributed by atoms with E-state index in [1.165, 1.54) is 0 Å². The predicted octanol–water partition coefficient (Wildman–Crippen LogP) is 2.37. The maximum absolute atomic E-state index is 12.3. The zero-order valence-electron chi connectivity index (χ0n) is 12.9. The van der Waals surface area contributed by atoms with Gasteiger partial charge < -0.3 is 15.1 Å². The molecule has 2 atom stereocenters. The first kappa shape index (κ1) is 15.2. The van der Waals surface area contributed by atoms with Crippen molar-refractivity contribution in [3.63, 3.8) is 0 Å². The van der Waals surface area contributed by atoms with E-state index < -0.39 is 0 Å². The Morgan fingerprint density at radius 2 is 2.45 bits per heavy atom. The Balaban J connectivity index is 1.64. The number of hydrogen-bond acceptors (Lipinski definition) is 5. The summed E-state index contributed by atoms with van der Waals surface area (Å²) in [5.74, 6) is 1.79. The molecule has 0 saturated carbocycles. The normalized spacial score (nSPS) is 21.7. The zero-order valence-corrected chi connectivity index (χ0v) is 13.7. The summed E-state index contributed by atoms with van der Waals surface area (Å²) in [5.41, 5.74) is 1.69. The van der Waals surface area contributed by atoms with Crippen LogP contribution in [0, 0.1) is 12.8 Å². The van der Waals surface area contributed by atoms with Crippen LogP contribution in [0.1, 0.15) is 24.8 Å². The molecule has 1 saturated heterocycles. The maximum Gasteiger partial charge on any atom is 0.227 e. The second kappa shape index (κ2) is 6.62. The molecule has 0 aliphatic carbocycles. The Kier molecular flexibility index (Phi) is 4.59. The molecule has 22 heavy (non-hydrogen) atoms. The van der Waals surface area contributed by atoms with Crippen LogP contribution in [0.5, 0.6) is 0 Å². The van der Waals surface area contributed by atoms with E-state index in [2.05, 4.69) is 22.5 Å². The summed E-state index contributed by atoms with van der Waals surface area (Å²) >= 11 is 1.60. The van der Waals surface area contributed by atoms with Gasteiger partial charge in [-0.1, -0.05) is 6.92 Å². The van der Waals surface area contributed by atoms with Crippen LogP contribution < -0.4 is 10.6 Å². The number of carbonyl (C=O) groups excluding carboxylic acids is 1. The van der Waals surface area contributed by atoms with Crippen LogP contribution in [0.4, 0.5) is 0 Å². The summed E-state index contributed by atoms with van der Waals surface area (Å²) in [6, 6.07) is 2.22. The lowest BCUT2D eigenvalue weighted by Gasteiger charge is -2.30. The number of rotatable bonds is 4. The quantitative estimate of drug-likeness (QED) is 0.908. The number of nitrogens with one attached hydrogen (secondary N) is 2. The van der Waals surface area contributed by atoms with E-state index in [-0.39, 0.29) is 18.4 Å². The first-order valence-electron chi connectivity index (χ1n) is 7.62. The number of carbonyl (C=O) groups is 1. The second-order valence-corrected chi connectivity index (χ2v) is 6.63. The number of amides is 1. The highest BCUT2D eigenvalue weighted by Crippen LogP contribution is 2.24. The van der Waals surface area contributed by atoms with Crippen molar-refractivity contribution in [3.05, 3.63) is 28.3 Å². The number of nitrogens with zero attached hydrogens (tertiary/aromatic N) is 1. The third-order valence-electron chi connectivity index (χ3n) is 4.12. The highest BCUT2D eigenvalue weighted by molar-refractivity contribution is 7.08. The van der Waals surface area contributed by atoms with E-state index in [0.717, 1.165) is 36.5 Å². The predicted molar refractivity (Wildman–Crippen MR) is 86.8 cm³/mol. The van der Waals surface area contributed by atoms with E-state index in [4.69, 9.17) is 4.42 Å². The molecule has 1 aliphatic heterocycles. The lowest BCUT2D eigenvalue weighted by molar-refractivity contribution is -0.121. The summed E-state index contributed by atoms with van der Waals surface area (Å²) in [7, 11) is 0. The van der Waals surface area contributed by atoms with Crippen molar-refractivity contribution in [1.82, 2.24) is 15.6 Å². The summed E-state index contributed by atoms with van der Waals surface area (Å²) < 4.78 is 5.68. The van der Waals surface area contributed by atoms with Gasteiger partial charge >= 0.3 is 0 Å². The Labute approximate surface area is 134 Å². The highest BCUT2D eigenvalue weighted by atomic mass is 32.1.